The summed E-state index contributed by atoms with van der Waals surface area (Å²) in [4.78, 5) is 0. The van der Waals surface area contributed by atoms with Crippen molar-refractivity contribution < 1.29 is 4.57 Å². The molecule has 0 radical (unpaired) electrons. The lowest BCUT2D eigenvalue weighted by Crippen LogP contribution is -2.32. The predicted molar refractivity (Wildman–Crippen MR) is 99.7 cm³/mol. The van der Waals surface area contributed by atoms with Gasteiger partial charge in [-0.3, -0.25) is 0 Å². The quantitative estimate of drug-likeness (QED) is 0.342. The summed E-state index contributed by atoms with van der Waals surface area (Å²) in [7, 11) is 0. The molecule has 1 aromatic carbocycles. The summed E-state index contributed by atoms with van der Waals surface area (Å²) in [5.41, 5.74) is 2.80. The molecule has 0 spiro atoms. The number of unbranched alkanes of at least 4 members (excludes halogenated alkanes) is 8. The van der Waals surface area contributed by atoms with E-state index in [1.54, 1.807) is 0 Å². The van der Waals surface area contributed by atoms with Gasteiger partial charge in [-0.25, -0.2) is 9.13 Å². The van der Waals surface area contributed by atoms with Crippen LogP contribution in [0.15, 0.2) is 30.6 Å². The molecule has 0 atom stereocenters. The van der Waals surface area contributed by atoms with Crippen LogP contribution in [0.3, 0.4) is 0 Å². The minimum absolute atomic E-state index is 1.16. The van der Waals surface area contributed by atoms with Gasteiger partial charge in [-0.1, -0.05) is 64.5 Å². The SMILES string of the molecule is CCCCCCCn1c[n+](CCCCCCC)c2ccccc21. The van der Waals surface area contributed by atoms with E-state index in [0.29, 0.717) is 0 Å². The molecule has 0 unspecified atom stereocenters. The van der Waals surface area contributed by atoms with E-state index >= 15 is 0 Å². The molecule has 2 aromatic rings. The third-order valence-corrected chi connectivity index (χ3v) is 4.78. The van der Waals surface area contributed by atoms with E-state index in [1.807, 2.05) is 0 Å². The summed E-state index contributed by atoms with van der Waals surface area (Å²) in [5.74, 6) is 0. The molecular formula is C21H35N2+. The Morgan fingerprint density at radius 1 is 0.783 bits per heavy atom. The Morgan fingerprint density at radius 2 is 1.43 bits per heavy atom. The molecular weight excluding hydrogens is 280 g/mol. The van der Waals surface area contributed by atoms with Crippen molar-refractivity contribution in [2.45, 2.75) is 91.1 Å². The van der Waals surface area contributed by atoms with Crippen LogP contribution >= 0.6 is 0 Å². The fourth-order valence-corrected chi connectivity index (χ4v) is 3.37. The summed E-state index contributed by atoms with van der Waals surface area (Å²) in [6.07, 6.45) is 15.8. The van der Waals surface area contributed by atoms with Crippen LogP contribution in [-0.2, 0) is 13.1 Å². The first kappa shape index (κ1) is 18.0. The molecule has 2 heteroatoms. The van der Waals surface area contributed by atoms with Crippen molar-refractivity contribution in [1.82, 2.24) is 4.57 Å². The summed E-state index contributed by atoms with van der Waals surface area (Å²) in [5, 5.41) is 0. The summed E-state index contributed by atoms with van der Waals surface area (Å²) in [6.45, 7) is 6.88. The fourth-order valence-electron chi connectivity index (χ4n) is 3.37. The molecule has 23 heavy (non-hydrogen) atoms. The maximum absolute atomic E-state index is 2.47. The van der Waals surface area contributed by atoms with Crippen LogP contribution < -0.4 is 4.57 Å². The smallest absolute Gasteiger partial charge is 0.230 e. The van der Waals surface area contributed by atoms with Crippen LogP contribution in [0.2, 0.25) is 0 Å². The van der Waals surface area contributed by atoms with Gasteiger partial charge in [-0.05, 0) is 37.8 Å². The van der Waals surface area contributed by atoms with Gasteiger partial charge >= 0.3 is 0 Å². The number of nitrogens with zero attached hydrogens (tertiary/aromatic N) is 2. The first-order chi connectivity index (χ1) is 11.4. The molecule has 0 amide bonds. The fraction of sp³-hybridized carbons (Fsp3) is 0.667. The monoisotopic (exact) mass is 315 g/mol. The normalized spacial score (nSPS) is 11.4. The maximum atomic E-state index is 2.47. The average Bonchev–Trinajstić information content (AvgIpc) is 2.93. The van der Waals surface area contributed by atoms with Gasteiger partial charge in [-0.15, -0.1) is 0 Å². The van der Waals surface area contributed by atoms with E-state index in [0.717, 1.165) is 13.1 Å². The molecule has 0 saturated carbocycles. The van der Waals surface area contributed by atoms with Gasteiger partial charge in [0.15, 0.2) is 11.0 Å². The molecule has 2 rings (SSSR count). The van der Waals surface area contributed by atoms with Crippen LogP contribution in [0, 0.1) is 0 Å². The minimum atomic E-state index is 1.16. The number of rotatable bonds is 12. The zero-order valence-electron chi connectivity index (χ0n) is 15.3. The second-order valence-corrected chi connectivity index (χ2v) is 6.82. The largest absolute Gasteiger partial charge is 0.244 e. The molecule has 0 bridgehead atoms. The van der Waals surface area contributed by atoms with E-state index in [1.165, 1.54) is 75.2 Å². The third-order valence-electron chi connectivity index (χ3n) is 4.78. The highest BCUT2D eigenvalue weighted by Gasteiger charge is 2.14. The second kappa shape index (κ2) is 10.5. The Hall–Kier alpha value is -1.31. The van der Waals surface area contributed by atoms with Crippen molar-refractivity contribution in [1.29, 1.82) is 0 Å². The predicted octanol–water partition coefficient (Wildman–Crippen LogP) is 5.87. The standard InChI is InChI=1S/C21H35N2/c1-3-5-7-9-13-17-22-19-23(18-14-10-8-6-4-2)21-16-12-11-15-20(21)22/h11-12,15-16,19H,3-10,13-14,17-18H2,1-2H3/q+1. The minimum Gasteiger partial charge on any atom is -0.230 e. The van der Waals surface area contributed by atoms with Gasteiger partial charge < -0.3 is 0 Å². The molecule has 2 nitrogen and oxygen atoms in total. The van der Waals surface area contributed by atoms with E-state index in [-0.39, 0.29) is 0 Å². The lowest BCUT2D eigenvalue weighted by atomic mass is 10.1. The number of imidazole rings is 1. The molecule has 0 N–H and O–H groups in total. The van der Waals surface area contributed by atoms with Crippen LogP contribution in [0.4, 0.5) is 0 Å². The van der Waals surface area contributed by atoms with Gasteiger partial charge in [0, 0.05) is 0 Å². The zero-order chi connectivity index (χ0) is 16.3. The first-order valence-electron chi connectivity index (χ1n) is 9.84. The number of hydrogen-bond acceptors (Lipinski definition) is 0. The topological polar surface area (TPSA) is 8.81 Å². The van der Waals surface area contributed by atoms with E-state index in [2.05, 4.69) is 53.6 Å². The Kier molecular flexibility index (Phi) is 8.20. The van der Waals surface area contributed by atoms with E-state index in [9.17, 15) is 0 Å². The number of para-hydroxylation sites is 2. The lowest BCUT2D eigenvalue weighted by Gasteiger charge is -1.99. The van der Waals surface area contributed by atoms with Crippen molar-refractivity contribution in [2.75, 3.05) is 0 Å². The van der Waals surface area contributed by atoms with Crippen LogP contribution in [0.1, 0.15) is 78.1 Å². The van der Waals surface area contributed by atoms with Gasteiger partial charge in [0.25, 0.3) is 0 Å². The van der Waals surface area contributed by atoms with Gasteiger partial charge in [0.1, 0.15) is 0 Å². The molecule has 0 aliphatic heterocycles. The van der Waals surface area contributed by atoms with Crippen LogP contribution in [0.25, 0.3) is 11.0 Å². The molecule has 0 aliphatic carbocycles. The van der Waals surface area contributed by atoms with Crippen molar-refractivity contribution in [3.8, 4) is 0 Å². The first-order valence-corrected chi connectivity index (χ1v) is 9.84. The third kappa shape index (κ3) is 5.67. The van der Waals surface area contributed by atoms with E-state index < -0.39 is 0 Å². The van der Waals surface area contributed by atoms with Crippen molar-refractivity contribution in [3.05, 3.63) is 30.6 Å². The Morgan fingerprint density at radius 3 is 2.17 bits per heavy atom. The summed E-state index contributed by atoms with van der Waals surface area (Å²) in [6, 6.07) is 8.88. The van der Waals surface area contributed by atoms with Crippen molar-refractivity contribution >= 4 is 11.0 Å². The molecule has 1 heterocycles. The maximum Gasteiger partial charge on any atom is 0.244 e. The molecule has 0 saturated heterocycles. The Bertz CT molecular complexity index is 508. The molecule has 128 valence electrons. The molecule has 1 aromatic heterocycles. The number of hydrogen-bond donors (Lipinski definition) is 0. The van der Waals surface area contributed by atoms with Crippen LogP contribution in [0.5, 0.6) is 0 Å². The van der Waals surface area contributed by atoms with Crippen molar-refractivity contribution in [2.24, 2.45) is 0 Å². The number of benzene rings is 1. The Labute approximate surface area is 142 Å². The van der Waals surface area contributed by atoms with Gasteiger partial charge in [0.05, 0.1) is 13.1 Å². The molecule has 0 fully saturated rings. The number of aryl methyl sites for hydroxylation is 2. The Balaban J connectivity index is 1.92. The zero-order valence-corrected chi connectivity index (χ0v) is 15.3. The highest BCUT2D eigenvalue weighted by atomic mass is 15.1. The van der Waals surface area contributed by atoms with Crippen LogP contribution in [-0.4, -0.2) is 4.57 Å². The highest BCUT2D eigenvalue weighted by molar-refractivity contribution is 5.71. The second-order valence-electron chi connectivity index (χ2n) is 6.82. The highest BCUT2D eigenvalue weighted by Crippen LogP contribution is 2.13. The lowest BCUT2D eigenvalue weighted by molar-refractivity contribution is -0.672. The van der Waals surface area contributed by atoms with Gasteiger partial charge in [0.2, 0.25) is 6.33 Å². The van der Waals surface area contributed by atoms with E-state index in [4.69, 9.17) is 0 Å². The average molecular weight is 316 g/mol. The number of fused-ring (bicyclic) bond motifs is 1. The van der Waals surface area contributed by atoms with Crippen molar-refractivity contribution in [3.63, 3.8) is 0 Å². The number of aromatic nitrogens is 2. The summed E-state index contributed by atoms with van der Waals surface area (Å²) >= 11 is 0. The van der Waals surface area contributed by atoms with Gasteiger partial charge in [-0.2, -0.15) is 0 Å². The summed E-state index contributed by atoms with van der Waals surface area (Å²) < 4.78 is 4.93. The molecule has 0 aliphatic rings.